The number of sulfonamides is 1. The van der Waals surface area contributed by atoms with Gasteiger partial charge in [-0.2, -0.15) is 0 Å². The number of halogens is 1. The van der Waals surface area contributed by atoms with Gasteiger partial charge in [-0.3, -0.25) is 10.1 Å². The van der Waals surface area contributed by atoms with Crippen LogP contribution in [0, 0.1) is 10.1 Å². The Morgan fingerprint density at radius 3 is 2.60 bits per heavy atom. The second-order valence-corrected chi connectivity index (χ2v) is 6.85. The van der Waals surface area contributed by atoms with E-state index >= 15 is 0 Å². The zero-order valence-corrected chi connectivity index (χ0v) is 12.9. The van der Waals surface area contributed by atoms with Crippen LogP contribution in [0.3, 0.4) is 0 Å². The Balaban J connectivity index is 3.18. The van der Waals surface area contributed by atoms with Crippen LogP contribution in [0.4, 0.5) is 5.69 Å². The Bertz CT molecular complexity index is 589. The summed E-state index contributed by atoms with van der Waals surface area (Å²) in [5.41, 5.74) is 0.224. The van der Waals surface area contributed by atoms with Crippen LogP contribution in [0.5, 0.6) is 0 Å². The number of alkyl halides is 1. The van der Waals surface area contributed by atoms with Crippen LogP contribution in [-0.4, -0.2) is 25.8 Å². The van der Waals surface area contributed by atoms with Crippen molar-refractivity contribution in [3.63, 3.8) is 0 Å². The number of benzene rings is 1. The van der Waals surface area contributed by atoms with Gasteiger partial charge >= 0.3 is 0 Å². The highest BCUT2D eigenvalue weighted by molar-refractivity contribution is 7.89. The highest BCUT2D eigenvalue weighted by Crippen LogP contribution is 2.26. The van der Waals surface area contributed by atoms with Crippen LogP contribution in [0.2, 0.25) is 0 Å². The van der Waals surface area contributed by atoms with Gasteiger partial charge in [-0.1, -0.05) is 19.4 Å². The predicted octanol–water partition coefficient (Wildman–Crippen LogP) is 2.45. The molecule has 0 amide bonds. The van der Waals surface area contributed by atoms with Crippen molar-refractivity contribution >= 4 is 27.3 Å². The Morgan fingerprint density at radius 2 is 2.10 bits per heavy atom. The highest BCUT2D eigenvalue weighted by Gasteiger charge is 2.21. The van der Waals surface area contributed by atoms with Crippen LogP contribution in [0.1, 0.15) is 25.3 Å². The molecule has 112 valence electrons. The number of nitrogens with one attached hydrogen (secondary N) is 1. The fraction of sp³-hybridized carbons (Fsp3) is 0.500. The van der Waals surface area contributed by atoms with Crippen molar-refractivity contribution in [3.8, 4) is 0 Å². The molecule has 1 atom stereocenters. The summed E-state index contributed by atoms with van der Waals surface area (Å²) < 4.78 is 25.4. The van der Waals surface area contributed by atoms with Crippen LogP contribution in [0.15, 0.2) is 23.1 Å². The van der Waals surface area contributed by atoms with Gasteiger partial charge in [0.25, 0.3) is 5.69 Å². The lowest BCUT2D eigenvalue weighted by molar-refractivity contribution is -0.385. The minimum atomic E-state index is -3.70. The second kappa shape index (κ2) is 7.01. The molecule has 0 bridgehead atoms. The van der Waals surface area contributed by atoms with Crippen LogP contribution in [-0.2, 0) is 16.4 Å². The third-order valence-corrected chi connectivity index (χ3v) is 4.66. The van der Waals surface area contributed by atoms with Gasteiger partial charge in [0.05, 0.1) is 9.82 Å². The zero-order chi connectivity index (χ0) is 15.3. The van der Waals surface area contributed by atoms with Crippen LogP contribution >= 0.6 is 11.6 Å². The molecular weight excluding hydrogens is 304 g/mol. The second-order valence-electron chi connectivity index (χ2n) is 4.35. The van der Waals surface area contributed by atoms with E-state index in [4.69, 9.17) is 11.6 Å². The molecule has 1 N–H and O–H groups in total. The average Bonchev–Trinajstić information content (AvgIpc) is 2.38. The quantitative estimate of drug-likeness (QED) is 0.474. The maximum atomic E-state index is 11.7. The smallest absolute Gasteiger partial charge is 0.258 e. The Hall–Kier alpha value is -1.18. The van der Waals surface area contributed by atoms with Crippen molar-refractivity contribution in [3.05, 3.63) is 33.9 Å². The Morgan fingerprint density at radius 1 is 1.45 bits per heavy atom. The topological polar surface area (TPSA) is 89.3 Å². The molecule has 20 heavy (non-hydrogen) atoms. The van der Waals surface area contributed by atoms with Gasteiger partial charge in [0.1, 0.15) is 0 Å². The summed E-state index contributed by atoms with van der Waals surface area (Å²) in [6.45, 7) is 1.98. The fourth-order valence-electron chi connectivity index (χ4n) is 1.83. The normalized spacial score (nSPS) is 13.2. The highest BCUT2D eigenvalue weighted by atomic mass is 35.5. The summed E-state index contributed by atoms with van der Waals surface area (Å²) in [7, 11) is -2.44. The van der Waals surface area contributed by atoms with E-state index in [1.165, 1.54) is 19.2 Å². The van der Waals surface area contributed by atoms with E-state index in [9.17, 15) is 18.5 Å². The molecule has 1 rings (SSSR count). The minimum absolute atomic E-state index is 0.128. The lowest BCUT2D eigenvalue weighted by Crippen LogP contribution is -2.19. The van der Waals surface area contributed by atoms with Gasteiger partial charge in [-0.05, 0) is 26.0 Å². The standard InChI is InChI=1S/C12H17ClN2O4S/c1-3-4-10(13)7-9-5-6-11(20(18,19)14-2)8-12(9)15(16)17/h5-6,8,10,14H,3-4,7H2,1-2H3. The first kappa shape index (κ1) is 16.9. The first-order valence-electron chi connectivity index (χ1n) is 6.16. The molecule has 0 saturated heterocycles. The molecule has 0 heterocycles. The lowest BCUT2D eigenvalue weighted by Gasteiger charge is -2.10. The van der Waals surface area contributed by atoms with Crippen molar-refractivity contribution < 1.29 is 13.3 Å². The molecule has 1 unspecified atom stereocenters. The number of nitrogens with zero attached hydrogens (tertiary/aromatic N) is 1. The average molecular weight is 321 g/mol. The number of nitro benzene ring substituents is 1. The van der Waals surface area contributed by atoms with Gasteiger partial charge < -0.3 is 0 Å². The van der Waals surface area contributed by atoms with Crippen molar-refractivity contribution in [1.29, 1.82) is 0 Å². The third-order valence-electron chi connectivity index (χ3n) is 2.88. The molecule has 6 nitrogen and oxygen atoms in total. The van der Waals surface area contributed by atoms with Gasteiger partial charge in [0.15, 0.2) is 0 Å². The summed E-state index contributed by atoms with van der Waals surface area (Å²) in [5, 5.41) is 10.9. The van der Waals surface area contributed by atoms with Crippen molar-refractivity contribution in [2.24, 2.45) is 0 Å². The van der Waals surface area contributed by atoms with Crippen molar-refractivity contribution in [2.75, 3.05) is 7.05 Å². The fourth-order valence-corrected chi connectivity index (χ4v) is 2.96. The van der Waals surface area contributed by atoms with E-state index in [2.05, 4.69) is 4.72 Å². The van der Waals surface area contributed by atoms with Gasteiger partial charge in [0, 0.05) is 17.0 Å². The van der Waals surface area contributed by atoms with Crippen molar-refractivity contribution in [2.45, 2.75) is 36.5 Å². The third kappa shape index (κ3) is 4.16. The molecule has 8 heteroatoms. The molecule has 0 spiro atoms. The van der Waals surface area contributed by atoms with E-state index in [0.717, 1.165) is 18.9 Å². The van der Waals surface area contributed by atoms with Crippen molar-refractivity contribution in [1.82, 2.24) is 4.72 Å². The minimum Gasteiger partial charge on any atom is -0.258 e. The molecule has 0 saturated carbocycles. The summed E-state index contributed by atoms with van der Waals surface area (Å²) in [5.74, 6) is 0. The van der Waals surface area contributed by atoms with Gasteiger partial charge in [-0.25, -0.2) is 13.1 Å². The van der Waals surface area contributed by atoms with Crippen LogP contribution < -0.4 is 4.72 Å². The Labute approximate surface area is 123 Å². The van der Waals surface area contributed by atoms with E-state index in [0.29, 0.717) is 12.0 Å². The molecule has 0 aliphatic rings. The summed E-state index contributed by atoms with van der Waals surface area (Å²) >= 11 is 6.10. The lowest BCUT2D eigenvalue weighted by atomic mass is 10.1. The first-order valence-corrected chi connectivity index (χ1v) is 8.08. The molecule has 0 aromatic heterocycles. The van der Waals surface area contributed by atoms with E-state index in [-0.39, 0.29) is 16.0 Å². The molecule has 0 radical (unpaired) electrons. The summed E-state index contributed by atoms with van der Waals surface area (Å²) in [6.07, 6.45) is 1.97. The number of rotatable bonds is 7. The predicted molar refractivity (Wildman–Crippen MR) is 77.6 cm³/mol. The molecule has 0 fully saturated rings. The first-order chi connectivity index (χ1) is 9.31. The monoisotopic (exact) mass is 320 g/mol. The molecule has 0 aliphatic heterocycles. The van der Waals surface area contributed by atoms with Gasteiger partial charge in [-0.15, -0.1) is 11.6 Å². The summed E-state index contributed by atoms with van der Waals surface area (Å²) in [4.78, 5) is 10.4. The van der Waals surface area contributed by atoms with E-state index in [1.807, 2.05) is 6.92 Å². The maximum absolute atomic E-state index is 11.7. The molecule has 1 aromatic rings. The summed E-state index contributed by atoms with van der Waals surface area (Å²) in [6, 6.07) is 3.87. The number of nitro groups is 1. The number of hydrogen-bond acceptors (Lipinski definition) is 4. The molecule has 0 aliphatic carbocycles. The van der Waals surface area contributed by atoms with E-state index in [1.54, 1.807) is 0 Å². The van der Waals surface area contributed by atoms with Gasteiger partial charge in [0.2, 0.25) is 10.0 Å². The maximum Gasteiger partial charge on any atom is 0.273 e. The SMILES string of the molecule is CCCC(Cl)Cc1ccc(S(=O)(=O)NC)cc1[N+](=O)[O-]. The molecular formula is C12H17ClN2O4S. The largest absolute Gasteiger partial charge is 0.273 e. The zero-order valence-electron chi connectivity index (χ0n) is 11.3. The van der Waals surface area contributed by atoms with E-state index < -0.39 is 14.9 Å². The number of hydrogen-bond donors (Lipinski definition) is 1. The van der Waals surface area contributed by atoms with Crippen LogP contribution in [0.25, 0.3) is 0 Å². The molecule has 1 aromatic carbocycles. The Kier molecular flexibility index (Phi) is 5.91.